The largest absolute Gasteiger partial charge is 0.394 e. The average molecular weight is 226 g/mol. The molecule has 0 aromatic carbocycles. The molecular weight excluding hydrogens is 208 g/mol. The molecule has 1 aromatic heterocycles. The van der Waals surface area contributed by atoms with Gasteiger partial charge in [-0.25, -0.2) is 4.98 Å². The van der Waals surface area contributed by atoms with Crippen LogP contribution in [0.5, 0.6) is 0 Å². The van der Waals surface area contributed by atoms with E-state index < -0.39 is 0 Å². The third kappa shape index (κ3) is 2.49. The minimum Gasteiger partial charge on any atom is -0.394 e. The van der Waals surface area contributed by atoms with E-state index in [1.807, 2.05) is 5.38 Å². The summed E-state index contributed by atoms with van der Waals surface area (Å²) in [6, 6.07) is 0. The molecule has 0 bridgehead atoms. The van der Waals surface area contributed by atoms with E-state index in [1.54, 1.807) is 17.5 Å². The van der Waals surface area contributed by atoms with Crippen LogP contribution >= 0.6 is 11.3 Å². The predicted octanol–water partition coefficient (Wildman–Crippen LogP) is 2.50. The first-order chi connectivity index (χ1) is 7.24. The van der Waals surface area contributed by atoms with Crippen LogP contribution in [-0.4, -0.2) is 22.2 Å². The lowest BCUT2D eigenvalue weighted by atomic mass is 9.77. The van der Waals surface area contributed by atoms with Crippen molar-refractivity contribution in [2.24, 2.45) is 5.92 Å². The van der Waals surface area contributed by atoms with Gasteiger partial charge in [-0.05, 0) is 18.8 Å². The maximum absolute atomic E-state index is 9.57. The maximum atomic E-state index is 9.57. The molecule has 0 spiro atoms. The topological polar surface area (TPSA) is 45.1 Å². The molecule has 3 nitrogen and oxygen atoms in total. The third-order valence-electron chi connectivity index (χ3n) is 3.20. The molecule has 4 heteroatoms. The van der Waals surface area contributed by atoms with E-state index in [0.717, 1.165) is 18.0 Å². The van der Waals surface area contributed by atoms with Crippen molar-refractivity contribution < 1.29 is 5.11 Å². The Hall–Kier alpha value is -0.610. The Morgan fingerprint density at radius 1 is 1.73 bits per heavy atom. The fraction of sp³-hybridized carbons (Fsp3) is 0.727. The highest BCUT2D eigenvalue weighted by Crippen LogP contribution is 2.35. The second-order valence-electron chi connectivity index (χ2n) is 4.60. The normalized spacial score (nSPS) is 31.5. The Labute approximate surface area is 94.5 Å². The lowest BCUT2D eigenvalue weighted by Crippen LogP contribution is -2.45. The van der Waals surface area contributed by atoms with Gasteiger partial charge in [-0.1, -0.05) is 19.8 Å². The number of hydrogen-bond acceptors (Lipinski definition) is 4. The van der Waals surface area contributed by atoms with Gasteiger partial charge in [-0.3, -0.25) is 0 Å². The molecule has 0 radical (unpaired) electrons. The highest BCUT2D eigenvalue weighted by atomic mass is 32.1. The number of hydrogen-bond donors (Lipinski definition) is 2. The fourth-order valence-corrected chi connectivity index (χ4v) is 3.12. The van der Waals surface area contributed by atoms with E-state index in [0.29, 0.717) is 5.92 Å². The van der Waals surface area contributed by atoms with Gasteiger partial charge in [0.25, 0.3) is 0 Å². The van der Waals surface area contributed by atoms with E-state index in [9.17, 15) is 5.11 Å². The molecule has 1 fully saturated rings. The molecule has 1 saturated carbocycles. The summed E-state index contributed by atoms with van der Waals surface area (Å²) in [5.41, 5.74) is -0.129. The van der Waals surface area contributed by atoms with Crippen molar-refractivity contribution >= 4 is 16.5 Å². The van der Waals surface area contributed by atoms with E-state index >= 15 is 0 Å². The summed E-state index contributed by atoms with van der Waals surface area (Å²) in [6.45, 7) is 2.46. The smallest absolute Gasteiger partial charge is 0.183 e. The highest BCUT2D eigenvalue weighted by Gasteiger charge is 2.34. The van der Waals surface area contributed by atoms with Crippen LogP contribution in [0, 0.1) is 5.92 Å². The van der Waals surface area contributed by atoms with Gasteiger partial charge in [0, 0.05) is 11.6 Å². The van der Waals surface area contributed by atoms with Gasteiger partial charge in [-0.15, -0.1) is 11.3 Å². The highest BCUT2D eigenvalue weighted by molar-refractivity contribution is 7.13. The van der Waals surface area contributed by atoms with Crippen molar-refractivity contribution in [1.29, 1.82) is 0 Å². The van der Waals surface area contributed by atoms with E-state index in [2.05, 4.69) is 17.2 Å². The molecule has 1 aliphatic carbocycles. The maximum Gasteiger partial charge on any atom is 0.183 e. The van der Waals surface area contributed by atoms with Crippen LogP contribution in [0.15, 0.2) is 11.6 Å². The molecule has 1 aromatic rings. The van der Waals surface area contributed by atoms with Gasteiger partial charge in [0.15, 0.2) is 5.13 Å². The Balaban J connectivity index is 2.07. The standard InChI is InChI=1S/C11H18N2OS/c1-9-3-2-4-11(7-9,8-14)13-10-12-5-6-15-10/h5-6,9,14H,2-4,7-8H2,1H3,(H,12,13). The van der Waals surface area contributed by atoms with Gasteiger partial charge in [0.2, 0.25) is 0 Å². The second-order valence-corrected chi connectivity index (χ2v) is 5.50. The minimum absolute atomic E-state index is 0.129. The van der Waals surface area contributed by atoms with Crippen LogP contribution < -0.4 is 5.32 Å². The van der Waals surface area contributed by atoms with Gasteiger partial charge in [0.05, 0.1) is 12.1 Å². The molecule has 1 aliphatic rings. The minimum atomic E-state index is -0.129. The lowest BCUT2D eigenvalue weighted by Gasteiger charge is -2.39. The van der Waals surface area contributed by atoms with Gasteiger partial charge >= 0.3 is 0 Å². The summed E-state index contributed by atoms with van der Waals surface area (Å²) in [5, 5.41) is 15.9. The molecule has 2 N–H and O–H groups in total. The number of nitrogens with zero attached hydrogens (tertiary/aromatic N) is 1. The zero-order valence-electron chi connectivity index (χ0n) is 9.07. The number of aromatic nitrogens is 1. The number of nitrogens with one attached hydrogen (secondary N) is 1. The van der Waals surface area contributed by atoms with Crippen molar-refractivity contribution in [3.05, 3.63) is 11.6 Å². The Morgan fingerprint density at radius 2 is 2.60 bits per heavy atom. The summed E-state index contributed by atoms with van der Waals surface area (Å²) in [7, 11) is 0. The second kappa shape index (κ2) is 4.49. The summed E-state index contributed by atoms with van der Waals surface area (Å²) >= 11 is 1.60. The first kappa shape index (κ1) is 10.9. The van der Waals surface area contributed by atoms with Crippen LogP contribution in [-0.2, 0) is 0 Å². The van der Waals surface area contributed by atoms with Crippen molar-refractivity contribution in [2.75, 3.05) is 11.9 Å². The molecular formula is C11H18N2OS. The zero-order chi connectivity index (χ0) is 10.7. The van der Waals surface area contributed by atoms with Crippen LogP contribution in [0.25, 0.3) is 0 Å². The number of thiazole rings is 1. The van der Waals surface area contributed by atoms with Gasteiger partial charge in [-0.2, -0.15) is 0 Å². The molecule has 2 rings (SSSR count). The van der Waals surface area contributed by atoms with Crippen LogP contribution in [0.4, 0.5) is 5.13 Å². The Morgan fingerprint density at radius 3 is 3.20 bits per heavy atom. The molecule has 0 amide bonds. The Bertz CT molecular complexity index is 302. The summed E-state index contributed by atoms with van der Waals surface area (Å²) in [5.74, 6) is 0.693. The lowest BCUT2D eigenvalue weighted by molar-refractivity contribution is 0.149. The van der Waals surface area contributed by atoms with Crippen molar-refractivity contribution in [3.63, 3.8) is 0 Å². The average Bonchev–Trinajstić information content (AvgIpc) is 2.70. The number of aliphatic hydroxyl groups excluding tert-OH is 1. The van der Waals surface area contributed by atoms with E-state index in [4.69, 9.17) is 0 Å². The summed E-state index contributed by atoms with van der Waals surface area (Å²) < 4.78 is 0. The summed E-state index contributed by atoms with van der Waals surface area (Å²) in [4.78, 5) is 4.22. The molecule has 0 aliphatic heterocycles. The SMILES string of the molecule is CC1CCCC(CO)(Nc2nccs2)C1. The summed E-state index contributed by atoms with van der Waals surface area (Å²) in [6.07, 6.45) is 6.36. The van der Waals surface area contributed by atoms with Gasteiger partial charge < -0.3 is 10.4 Å². The van der Waals surface area contributed by atoms with Crippen LogP contribution in [0.2, 0.25) is 0 Å². The first-order valence-electron chi connectivity index (χ1n) is 5.53. The number of anilines is 1. The third-order valence-corrected chi connectivity index (χ3v) is 3.89. The van der Waals surface area contributed by atoms with E-state index in [-0.39, 0.29) is 12.1 Å². The van der Waals surface area contributed by atoms with Crippen molar-refractivity contribution in [3.8, 4) is 0 Å². The first-order valence-corrected chi connectivity index (χ1v) is 6.41. The molecule has 0 saturated heterocycles. The predicted molar refractivity (Wildman–Crippen MR) is 63.2 cm³/mol. The quantitative estimate of drug-likeness (QED) is 0.832. The van der Waals surface area contributed by atoms with E-state index in [1.165, 1.54) is 12.8 Å². The van der Waals surface area contributed by atoms with Crippen molar-refractivity contribution in [2.45, 2.75) is 38.1 Å². The van der Waals surface area contributed by atoms with Gasteiger partial charge in [0.1, 0.15) is 0 Å². The number of rotatable bonds is 3. The Kier molecular flexibility index (Phi) is 3.26. The molecule has 15 heavy (non-hydrogen) atoms. The molecule has 84 valence electrons. The fourth-order valence-electron chi connectivity index (χ4n) is 2.47. The van der Waals surface area contributed by atoms with Crippen LogP contribution in [0.1, 0.15) is 32.6 Å². The molecule has 2 atom stereocenters. The molecule has 1 heterocycles. The monoisotopic (exact) mass is 226 g/mol. The zero-order valence-corrected chi connectivity index (χ0v) is 9.89. The number of aliphatic hydroxyl groups is 1. The van der Waals surface area contributed by atoms with Crippen molar-refractivity contribution in [1.82, 2.24) is 4.98 Å². The molecule has 2 unspecified atom stereocenters. The van der Waals surface area contributed by atoms with Crippen LogP contribution in [0.3, 0.4) is 0 Å².